The molecule has 1 aromatic carbocycles. The average molecular weight is 306 g/mol. The zero-order chi connectivity index (χ0) is 16.0. The van der Waals surface area contributed by atoms with Gasteiger partial charge in [0, 0.05) is 26.8 Å². The third-order valence-electron chi connectivity index (χ3n) is 4.42. The Bertz CT molecular complexity index is 500. The number of hydrogen-bond donors (Lipinski definition) is 3. The SMILES string of the molecule is COCCC1(CNC(=O)NCC(O)c2ccccc2C)CC1. The number of rotatable bonds is 8. The molecule has 2 amide bonds. The Morgan fingerprint density at radius 3 is 2.73 bits per heavy atom. The maximum Gasteiger partial charge on any atom is 0.314 e. The highest BCUT2D eigenvalue weighted by Crippen LogP contribution is 2.48. The van der Waals surface area contributed by atoms with E-state index in [9.17, 15) is 9.90 Å². The lowest BCUT2D eigenvalue weighted by Crippen LogP contribution is -2.40. The van der Waals surface area contributed by atoms with Crippen LogP contribution >= 0.6 is 0 Å². The summed E-state index contributed by atoms with van der Waals surface area (Å²) in [5, 5.41) is 15.8. The summed E-state index contributed by atoms with van der Waals surface area (Å²) in [4.78, 5) is 11.8. The van der Waals surface area contributed by atoms with Gasteiger partial charge >= 0.3 is 6.03 Å². The molecule has 1 fully saturated rings. The molecular weight excluding hydrogens is 280 g/mol. The van der Waals surface area contributed by atoms with Crippen LogP contribution in [0.3, 0.4) is 0 Å². The number of aryl methyl sites for hydroxylation is 1. The predicted molar refractivity (Wildman–Crippen MR) is 85.7 cm³/mol. The van der Waals surface area contributed by atoms with Crippen molar-refractivity contribution in [2.45, 2.75) is 32.3 Å². The zero-order valence-electron chi connectivity index (χ0n) is 13.4. The van der Waals surface area contributed by atoms with Gasteiger partial charge in [0.25, 0.3) is 0 Å². The van der Waals surface area contributed by atoms with Gasteiger partial charge in [-0.25, -0.2) is 4.79 Å². The van der Waals surface area contributed by atoms with E-state index in [1.807, 2.05) is 31.2 Å². The molecule has 5 nitrogen and oxygen atoms in total. The molecule has 1 aromatic rings. The Balaban J connectivity index is 1.71. The normalized spacial score (nSPS) is 16.9. The maximum absolute atomic E-state index is 11.8. The largest absolute Gasteiger partial charge is 0.387 e. The third-order valence-corrected chi connectivity index (χ3v) is 4.42. The minimum absolute atomic E-state index is 0.210. The van der Waals surface area contributed by atoms with Crippen molar-refractivity contribution in [2.24, 2.45) is 5.41 Å². The number of aliphatic hydroxyl groups is 1. The Labute approximate surface area is 132 Å². The number of methoxy groups -OCH3 is 1. The fourth-order valence-corrected chi connectivity index (χ4v) is 2.60. The van der Waals surface area contributed by atoms with Gasteiger partial charge in [0.05, 0.1) is 6.10 Å². The first-order chi connectivity index (χ1) is 10.6. The minimum Gasteiger partial charge on any atom is -0.387 e. The molecule has 1 saturated carbocycles. The summed E-state index contributed by atoms with van der Waals surface area (Å²) >= 11 is 0. The van der Waals surface area contributed by atoms with Crippen LogP contribution in [0.15, 0.2) is 24.3 Å². The first-order valence-corrected chi connectivity index (χ1v) is 7.80. The lowest BCUT2D eigenvalue weighted by molar-refractivity contribution is 0.167. The van der Waals surface area contributed by atoms with Crippen LogP contribution in [0.5, 0.6) is 0 Å². The van der Waals surface area contributed by atoms with Gasteiger partial charge in [-0.2, -0.15) is 0 Å². The van der Waals surface area contributed by atoms with Crippen LogP contribution in [0.1, 0.15) is 36.5 Å². The summed E-state index contributed by atoms with van der Waals surface area (Å²) in [6.45, 7) is 3.56. The van der Waals surface area contributed by atoms with Crippen molar-refractivity contribution in [3.63, 3.8) is 0 Å². The van der Waals surface area contributed by atoms with Crippen LogP contribution in [-0.4, -0.2) is 37.9 Å². The van der Waals surface area contributed by atoms with E-state index in [0.717, 1.165) is 37.0 Å². The van der Waals surface area contributed by atoms with Gasteiger partial charge in [-0.05, 0) is 42.7 Å². The first kappa shape index (κ1) is 16.8. The quantitative estimate of drug-likeness (QED) is 0.689. The van der Waals surface area contributed by atoms with E-state index in [-0.39, 0.29) is 18.0 Å². The lowest BCUT2D eigenvalue weighted by atomic mass is 10.0. The smallest absolute Gasteiger partial charge is 0.314 e. The molecule has 0 bridgehead atoms. The molecule has 0 radical (unpaired) electrons. The molecule has 3 N–H and O–H groups in total. The van der Waals surface area contributed by atoms with Crippen LogP contribution in [0.25, 0.3) is 0 Å². The highest BCUT2D eigenvalue weighted by atomic mass is 16.5. The summed E-state index contributed by atoms with van der Waals surface area (Å²) in [5.74, 6) is 0. The van der Waals surface area contributed by atoms with Crippen molar-refractivity contribution in [3.05, 3.63) is 35.4 Å². The van der Waals surface area contributed by atoms with E-state index in [4.69, 9.17) is 4.74 Å². The molecule has 22 heavy (non-hydrogen) atoms. The van der Waals surface area contributed by atoms with Crippen LogP contribution in [0, 0.1) is 12.3 Å². The van der Waals surface area contributed by atoms with Gasteiger partial charge in [-0.3, -0.25) is 0 Å². The maximum atomic E-state index is 11.8. The molecular formula is C17H26N2O3. The predicted octanol–water partition coefficient (Wildman–Crippen LogP) is 2.14. The monoisotopic (exact) mass is 306 g/mol. The van der Waals surface area contributed by atoms with Crippen molar-refractivity contribution in [1.29, 1.82) is 0 Å². The molecule has 0 aromatic heterocycles. The van der Waals surface area contributed by atoms with Crippen LogP contribution < -0.4 is 10.6 Å². The number of urea groups is 1. The van der Waals surface area contributed by atoms with Crippen molar-refractivity contribution >= 4 is 6.03 Å². The molecule has 0 aliphatic heterocycles. The molecule has 1 unspecified atom stereocenters. The summed E-state index contributed by atoms with van der Waals surface area (Å²) < 4.78 is 5.10. The molecule has 0 spiro atoms. The molecule has 122 valence electrons. The van der Waals surface area contributed by atoms with E-state index in [0.29, 0.717) is 6.54 Å². The van der Waals surface area contributed by atoms with E-state index < -0.39 is 6.10 Å². The highest BCUT2D eigenvalue weighted by Gasteiger charge is 2.42. The number of carbonyl (C=O) groups excluding carboxylic acids is 1. The topological polar surface area (TPSA) is 70.6 Å². The van der Waals surface area contributed by atoms with Crippen LogP contribution in [0.2, 0.25) is 0 Å². The second-order valence-corrected chi connectivity index (χ2v) is 6.18. The number of benzene rings is 1. The van der Waals surface area contributed by atoms with Crippen molar-refractivity contribution in [3.8, 4) is 0 Å². The van der Waals surface area contributed by atoms with Crippen LogP contribution in [0.4, 0.5) is 4.79 Å². The fraction of sp³-hybridized carbons (Fsp3) is 0.588. The number of ether oxygens (including phenoxy) is 1. The van der Waals surface area contributed by atoms with Gasteiger partial charge in [0.1, 0.15) is 0 Å². The van der Waals surface area contributed by atoms with Crippen molar-refractivity contribution in [2.75, 3.05) is 26.8 Å². The van der Waals surface area contributed by atoms with Gasteiger partial charge in [0.2, 0.25) is 0 Å². The Kier molecular flexibility index (Phi) is 5.80. The number of carbonyl (C=O) groups is 1. The second kappa shape index (κ2) is 7.61. The van der Waals surface area contributed by atoms with Gasteiger partial charge in [-0.1, -0.05) is 24.3 Å². The molecule has 1 atom stereocenters. The molecule has 1 aliphatic rings. The summed E-state index contributed by atoms with van der Waals surface area (Å²) in [5.41, 5.74) is 2.09. The Hall–Kier alpha value is -1.59. The molecule has 0 saturated heterocycles. The molecule has 5 heteroatoms. The first-order valence-electron chi connectivity index (χ1n) is 7.80. The van der Waals surface area contributed by atoms with Gasteiger partial charge in [-0.15, -0.1) is 0 Å². The van der Waals surface area contributed by atoms with Crippen molar-refractivity contribution in [1.82, 2.24) is 10.6 Å². The number of nitrogens with one attached hydrogen (secondary N) is 2. The van der Waals surface area contributed by atoms with Crippen molar-refractivity contribution < 1.29 is 14.6 Å². The summed E-state index contributed by atoms with van der Waals surface area (Å²) in [6.07, 6.45) is 2.58. The van der Waals surface area contributed by atoms with Crippen LogP contribution in [-0.2, 0) is 4.74 Å². The summed E-state index contributed by atoms with van der Waals surface area (Å²) in [6, 6.07) is 7.42. The summed E-state index contributed by atoms with van der Waals surface area (Å²) in [7, 11) is 1.70. The van der Waals surface area contributed by atoms with Gasteiger partial charge < -0.3 is 20.5 Å². The molecule has 0 heterocycles. The van der Waals surface area contributed by atoms with E-state index >= 15 is 0 Å². The number of aliphatic hydroxyl groups excluding tert-OH is 1. The molecule has 2 rings (SSSR count). The minimum atomic E-state index is -0.685. The number of hydrogen-bond acceptors (Lipinski definition) is 3. The second-order valence-electron chi connectivity index (χ2n) is 6.18. The lowest BCUT2D eigenvalue weighted by Gasteiger charge is -2.17. The number of amides is 2. The average Bonchev–Trinajstić information content (AvgIpc) is 3.29. The molecule has 1 aliphatic carbocycles. The highest BCUT2D eigenvalue weighted by molar-refractivity contribution is 5.74. The van der Waals surface area contributed by atoms with E-state index in [2.05, 4.69) is 10.6 Å². The fourth-order valence-electron chi connectivity index (χ4n) is 2.60. The zero-order valence-corrected chi connectivity index (χ0v) is 13.4. The standard InChI is InChI=1S/C17H26N2O3/c1-13-5-3-4-6-14(13)15(20)11-18-16(21)19-12-17(7-8-17)9-10-22-2/h3-6,15,20H,7-12H2,1-2H3,(H2,18,19,21). The Morgan fingerprint density at radius 1 is 1.36 bits per heavy atom. The van der Waals surface area contributed by atoms with E-state index in [1.165, 1.54) is 0 Å². The van der Waals surface area contributed by atoms with E-state index in [1.54, 1.807) is 7.11 Å². The van der Waals surface area contributed by atoms with Gasteiger partial charge in [0.15, 0.2) is 0 Å². The third kappa shape index (κ3) is 4.71. The Morgan fingerprint density at radius 2 is 2.09 bits per heavy atom.